The Kier molecular flexibility index (Phi) is 4.94. The fourth-order valence-corrected chi connectivity index (χ4v) is 1.71. The zero-order valence-corrected chi connectivity index (χ0v) is 9.09. The number of halogens is 1. The van der Waals surface area contributed by atoms with E-state index in [1.54, 1.807) is 0 Å². The number of piperazine rings is 1. The van der Waals surface area contributed by atoms with Crippen LogP contribution in [0.1, 0.15) is 5.56 Å². The molecule has 14 heavy (non-hydrogen) atoms. The van der Waals surface area contributed by atoms with Gasteiger partial charge < -0.3 is 5.32 Å². The molecule has 0 atom stereocenters. The maximum Gasteiger partial charge on any atom is 0.0234 e. The number of benzene rings is 1. The van der Waals surface area contributed by atoms with Crippen molar-refractivity contribution in [3.05, 3.63) is 35.9 Å². The molecule has 0 spiro atoms. The second-order valence-corrected chi connectivity index (χ2v) is 3.51. The molecule has 3 heteroatoms. The molecular formula is C11H17ClN2. The van der Waals surface area contributed by atoms with E-state index in [4.69, 9.17) is 0 Å². The van der Waals surface area contributed by atoms with Gasteiger partial charge in [0.2, 0.25) is 0 Å². The molecule has 0 aliphatic carbocycles. The molecule has 1 aliphatic heterocycles. The van der Waals surface area contributed by atoms with E-state index in [-0.39, 0.29) is 12.4 Å². The summed E-state index contributed by atoms with van der Waals surface area (Å²) in [7, 11) is 0. The van der Waals surface area contributed by atoms with Crippen LogP contribution in [0.3, 0.4) is 0 Å². The molecule has 1 heterocycles. The predicted octanol–water partition coefficient (Wildman–Crippen LogP) is 1.51. The fraction of sp³-hybridized carbons (Fsp3) is 0.455. The lowest BCUT2D eigenvalue weighted by Gasteiger charge is -2.27. The normalized spacial score (nSPS) is 17.4. The monoisotopic (exact) mass is 212 g/mol. The Labute approximate surface area is 91.7 Å². The van der Waals surface area contributed by atoms with Crippen LogP contribution < -0.4 is 5.32 Å². The molecule has 1 fully saturated rings. The quantitative estimate of drug-likeness (QED) is 0.800. The minimum atomic E-state index is 0. The summed E-state index contributed by atoms with van der Waals surface area (Å²) in [6, 6.07) is 10.7. The minimum absolute atomic E-state index is 0. The average Bonchev–Trinajstić information content (AvgIpc) is 2.21. The number of hydrogen-bond donors (Lipinski definition) is 1. The van der Waals surface area contributed by atoms with Gasteiger partial charge in [0.1, 0.15) is 0 Å². The lowest BCUT2D eigenvalue weighted by atomic mass is 10.2. The van der Waals surface area contributed by atoms with Gasteiger partial charge in [0.05, 0.1) is 0 Å². The van der Waals surface area contributed by atoms with Gasteiger partial charge in [-0.05, 0) is 5.56 Å². The van der Waals surface area contributed by atoms with Crippen LogP contribution >= 0.6 is 12.4 Å². The third kappa shape index (κ3) is 3.29. The Morgan fingerprint density at radius 1 is 1.07 bits per heavy atom. The van der Waals surface area contributed by atoms with Gasteiger partial charge in [-0.1, -0.05) is 30.3 Å². The largest absolute Gasteiger partial charge is 0.314 e. The first-order chi connectivity index (χ1) is 6.45. The van der Waals surface area contributed by atoms with Crippen LogP contribution in [0.5, 0.6) is 0 Å². The first-order valence-electron chi connectivity index (χ1n) is 4.92. The van der Waals surface area contributed by atoms with Crippen LogP contribution in [0.4, 0.5) is 0 Å². The molecule has 0 radical (unpaired) electrons. The molecule has 2 nitrogen and oxygen atoms in total. The molecule has 1 aliphatic rings. The summed E-state index contributed by atoms with van der Waals surface area (Å²) < 4.78 is 0. The second kappa shape index (κ2) is 6.02. The summed E-state index contributed by atoms with van der Waals surface area (Å²) in [5, 5.41) is 3.36. The first-order valence-corrected chi connectivity index (χ1v) is 4.92. The summed E-state index contributed by atoms with van der Waals surface area (Å²) in [6.07, 6.45) is 0. The lowest BCUT2D eigenvalue weighted by molar-refractivity contribution is 0.233. The Balaban J connectivity index is 0.000000980. The van der Waals surface area contributed by atoms with E-state index >= 15 is 0 Å². The highest BCUT2D eigenvalue weighted by Crippen LogP contribution is 2.04. The molecule has 0 saturated carbocycles. The van der Waals surface area contributed by atoms with E-state index in [2.05, 4.69) is 40.5 Å². The molecule has 0 aromatic heterocycles. The smallest absolute Gasteiger partial charge is 0.0234 e. The van der Waals surface area contributed by atoms with Crippen LogP contribution in [0, 0.1) is 0 Å². The van der Waals surface area contributed by atoms with Crippen molar-refractivity contribution in [3.8, 4) is 0 Å². The predicted molar refractivity (Wildman–Crippen MR) is 61.8 cm³/mol. The van der Waals surface area contributed by atoms with Crippen LogP contribution in [0.2, 0.25) is 0 Å². The van der Waals surface area contributed by atoms with Gasteiger partial charge in [0.25, 0.3) is 0 Å². The molecule has 1 saturated heterocycles. The molecule has 0 amide bonds. The van der Waals surface area contributed by atoms with Gasteiger partial charge in [-0.3, -0.25) is 4.90 Å². The first kappa shape index (κ1) is 11.5. The van der Waals surface area contributed by atoms with Crippen molar-refractivity contribution in [2.45, 2.75) is 6.54 Å². The van der Waals surface area contributed by atoms with Crippen molar-refractivity contribution in [2.75, 3.05) is 26.2 Å². The topological polar surface area (TPSA) is 15.3 Å². The number of nitrogens with one attached hydrogen (secondary N) is 1. The van der Waals surface area contributed by atoms with E-state index in [1.165, 1.54) is 18.7 Å². The number of hydrogen-bond acceptors (Lipinski definition) is 2. The van der Waals surface area contributed by atoms with E-state index < -0.39 is 0 Å². The van der Waals surface area contributed by atoms with Crippen molar-refractivity contribution >= 4 is 12.4 Å². The second-order valence-electron chi connectivity index (χ2n) is 3.51. The summed E-state index contributed by atoms with van der Waals surface area (Å²) in [5.74, 6) is 0. The van der Waals surface area contributed by atoms with E-state index in [9.17, 15) is 0 Å². The van der Waals surface area contributed by atoms with Gasteiger partial charge in [-0.25, -0.2) is 0 Å². The van der Waals surface area contributed by atoms with Crippen molar-refractivity contribution in [1.29, 1.82) is 0 Å². The zero-order valence-electron chi connectivity index (χ0n) is 8.28. The molecule has 2 rings (SSSR count). The Morgan fingerprint density at radius 2 is 1.71 bits per heavy atom. The Hall–Kier alpha value is -0.570. The van der Waals surface area contributed by atoms with Crippen molar-refractivity contribution in [1.82, 2.24) is 10.2 Å². The standard InChI is InChI=1S/C11H16N2.ClH/c1-2-4-11(5-3-1)10-13-8-6-12-7-9-13;/h1-5,12H,6-10H2;1H. The zero-order chi connectivity index (χ0) is 8.93. The van der Waals surface area contributed by atoms with E-state index in [0.29, 0.717) is 0 Å². The van der Waals surface area contributed by atoms with Gasteiger partial charge in [-0.2, -0.15) is 0 Å². The SMILES string of the molecule is Cl.c1ccc(CN2CCNCC2)cc1. The number of nitrogens with zero attached hydrogens (tertiary/aromatic N) is 1. The Bertz CT molecular complexity index is 245. The third-order valence-corrected chi connectivity index (χ3v) is 2.46. The van der Waals surface area contributed by atoms with Crippen LogP contribution in [0.15, 0.2) is 30.3 Å². The highest BCUT2D eigenvalue weighted by atomic mass is 35.5. The summed E-state index contributed by atoms with van der Waals surface area (Å²) in [5.41, 5.74) is 1.42. The molecule has 1 aromatic carbocycles. The van der Waals surface area contributed by atoms with Crippen molar-refractivity contribution in [3.63, 3.8) is 0 Å². The van der Waals surface area contributed by atoms with Crippen molar-refractivity contribution < 1.29 is 0 Å². The Morgan fingerprint density at radius 3 is 2.36 bits per heavy atom. The van der Waals surface area contributed by atoms with Crippen LogP contribution in [0.25, 0.3) is 0 Å². The van der Waals surface area contributed by atoms with Crippen molar-refractivity contribution in [2.24, 2.45) is 0 Å². The summed E-state index contributed by atoms with van der Waals surface area (Å²) >= 11 is 0. The molecule has 78 valence electrons. The van der Waals surface area contributed by atoms with Crippen LogP contribution in [-0.2, 0) is 6.54 Å². The summed E-state index contributed by atoms with van der Waals surface area (Å²) in [4.78, 5) is 2.49. The van der Waals surface area contributed by atoms with Gasteiger partial charge >= 0.3 is 0 Å². The summed E-state index contributed by atoms with van der Waals surface area (Å²) in [6.45, 7) is 5.71. The van der Waals surface area contributed by atoms with E-state index in [0.717, 1.165) is 19.6 Å². The van der Waals surface area contributed by atoms with Crippen LogP contribution in [-0.4, -0.2) is 31.1 Å². The van der Waals surface area contributed by atoms with E-state index in [1.807, 2.05) is 0 Å². The molecule has 1 N–H and O–H groups in total. The van der Waals surface area contributed by atoms with Gasteiger partial charge in [0, 0.05) is 32.7 Å². The average molecular weight is 213 g/mol. The fourth-order valence-electron chi connectivity index (χ4n) is 1.71. The van der Waals surface area contributed by atoms with Gasteiger partial charge in [0.15, 0.2) is 0 Å². The maximum absolute atomic E-state index is 3.36. The maximum atomic E-state index is 3.36. The van der Waals surface area contributed by atoms with Gasteiger partial charge in [-0.15, -0.1) is 12.4 Å². The third-order valence-electron chi connectivity index (χ3n) is 2.46. The minimum Gasteiger partial charge on any atom is -0.314 e. The highest BCUT2D eigenvalue weighted by molar-refractivity contribution is 5.85. The molecule has 0 bridgehead atoms. The number of rotatable bonds is 2. The lowest BCUT2D eigenvalue weighted by Crippen LogP contribution is -2.42. The molecular weight excluding hydrogens is 196 g/mol. The highest BCUT2D eigenvalue weighted by Gasteiger charge is 2.08. The molecule has 0 unspecified atom stereocenters. The molecule has 1 aromatic rings.